The highest BCUT2D eigenvalue weighted by Gasteiger charge is 2.41. The molecule has 2 N–H and O–H groups in total. The summed E-state index contributed by atoms with van der Waals surface area (Å²) in [6.45, 7) is 5.67. The summed E-state index contributed by atoms with van der Waals surface area (Å²) in [5, 5.41) is 13.7. The minimum Gasteiger partial charge on any atom is -0.394 e. The zero-order valence-corrected chi connectivity index (χ0v) is 12.2. The molecule has 1 fully saturated rings. The Kier molecular flexibility index (Phi) is 5.00. The number of nitrogens with one attached hydrogen (secondary N) is 1. The van der Waals surface area contributed by atoms with Crippen molar-refractivity contribution in [1.82, 2.24) is 5.32 Å². The monoisotopic (exact) mass is 261 g/mol. The third kappa shape index (κ3) is 3.37. The molecule has 0 amide bonds. The van der Waals surface area contributed by atoms with E-state index in [4.69, 9.17) is 0 Å². The van der Waals surface area contributed by atoms with Gasteiger partial charge in [0.25, 0.3) is 0 Å². The van der Waals surface area contributed by atoms with Crippen molar-refractivity contribution in [2.45, 2.75) is 51.6 Å². The van der Waals surface area contributed by atoms with Crippen molar-refractivity contribution in [3.8, 4) is 0 Å². The van der Waals surface area contributed by atoms with Crippen molar-refractivity contribution in [3.63, 3.8) is 0 Å². The molecule has 1 saturated carbocycles. The molecule has 106 valence electrons. The number of aliphatic hydroxyl groups is 1. The summed E-state index contributed by atoms with van der Waals surface area (Å²) in [7, 11) is 0. The Balaban J connectivity index is 2.07. The van der Waals surface area contributed by atoms with E-state index < -0.39 is 0 Å². The SMILES string of the molecule is CC(C)C1CCCCC1(CO)NCc1ccccc1. The van der Waals surface area contributed by atoms with Gasteiger partial charge in [-0.3, -0.25) is 0 Å². The highest BCUT2D eigenvalue weighted by atomic mass is 16.3. The van der Waals surface area contributed by atoms with Crippen LogP contribution in [0.2, 0.25) is 0 Å². The van der Waals surface area contributed by atoms with Crippen molar-refractivity contribution in [1.29, 1.82) is 0 Å². The minimum absolute atomic E-state index is 0.0811. The zero-order valence-electron chi connectivity index (χ0n) is 12.2. The Bertz CT molecular complexity index is 376. The summed E-state index contributed by atoms with van der Waals surface area (Å²) in [6.07, 6.45) is 4.86. The van der Waals surface area contributed by atoms with Crippen LogP contribution in [0.15, 0.2) is 30.3 Å². The maximum atomic E-state index is 9.98. The fourth-order valence-electron chi connectivity index (χ4n) is 3.58. The van der Waals surface area contributed by atoms with E-state index >= 15 is 0 Å². The van der Waals surface area contributed by atoms with Gasteiger partial charge in [0.05, 0.1) is 6.61 Å². The van der Waals surface area contributed by atoms with Crippen LogP contribution >= 0.6 is 0 Å². The van der Waals surface area contributed by atoms with E-state index in [9.17, 15) is 5.11 Å². The van der Waals surface area contributed by atoms with Crippen molar-refractivity contribution < 1.29 is 5.11 Å². The summed E-state index contributed by atoms with van der Waals surface area (Å²) >= 11 is 0. The second-order valence-electron chi connectivity index (χ2n) is 6.25. The van der Waals surface area contributed by atoms with E-state index in [1.54, 1.807) is 0 Å². The molecule has 0 radical (unpaired) electrons. The van der Waals surface area contributed by atoms with Gasteiger partial charge >= 0.3 is 0 Å². The van der Waals surface area contributed by atoms with Gasteiger partial charge in [0, 0.05) is 12.1 Å². The molecule has 0 saturated heterocycles. The molecule has 1 aromatic rings. The van der Waals surface area contributed by atoms with Crippen LogP contribution in [0.25, 0.3) is 0 Å². The molecule has 0 aliphatic heterocycles. The lowest BCUT2D eigenvalue weighted by Gasteiger charge is -2.46. The molecule has 19 heavy (non-hydrogen) atoms. The maximum absolute atomic E-state index is 9.98. The van der Waals surface area contributed by atoms with Crippen LogP contribution in [0.3, 0.4) is 0 Å². The lowest BCUT2D eigenvalue weighted by Crippen LogP contribution is -2.57. The molecule has 0 bridgehead atoms. The smallest absolute Gasteiger partial charge is 0.0616 e. The van der Waals surface area contributed by atoms with Crippen molar-refractivity contribution >= 4 is 0 Å². The van der Waals surface area contributed by atoms with Crippen LogP contribution in [0.4, 0.5) is 0 Å². The first-order chi connectivity index (χ1) is 9.18. The van der Waals surface area contributed by atoms with Crippen molar-refractivity contribution in [2.75, 3.05) is 6.61 Å². The number of benzene rings is 1. The average Bonchev–Trinajstić information content (AvgIpc) is 2.46. The van der Waals surface area contributed by atoms with Crippen LogP contribution in [-0.4, -0.2) is 17.3 Å². The molecule has 2 rings (SSSR count). The quantitative estimate of drug-likeness (QED) is 0.852. The van der Waals surface area contributed by atoms with Gasteiger partial charge in [0.2, 0.25) is 0 Å². The normalized spacial score (nSPS) is 27.7. The molecule has 2 atom stereocenters. The fourth-order valence-corrected chi connectivity index (χ4v) is 3.58. The Morgan fingerprint density at radius 1 is 1.26 bits per heavy atom. The minimum atomic E-state index is -0.0811. The van der Waals surface area contributed by atoms with E-state index in [2.05, 4.69) is 43.4 Å². The Labute approximate surface area is 117 Å². The number of hydrogen-bond acceptors (Lipinski definition) is 2. The van der Waals surface area contributed by atoms with Crippen molar-refractivity contribution in [2.24, 2.45) is 11.8 Å². The average molecular weight is 261 g/mol. The van der Waals surface area contributed by atoms with Gasteiger partial charge in [-0.1, -0.05) is 57.0 Å². The van der Waals surface area contributed by atoms with Crippen LogP contribution in [0.5, 0.6) is 0 Å². The molecule has 2 nitrogen and oxygen atoms in total. The van der Waals surface area contributed by atoms with E-state index in [0.717, 1.165) is 13.0 Å². The number of aliphatic hydroxyl groups excluding tert-OH is 1. The molecule has 1 aliphatic rings. The lowest BCUT2D eigenvalue weighted by atomic mass is 9.68. The van der Waals surface area contributed by atoms with Gasteiger partial charge in [-0.15, -0.1) is 0 Å². The fraction of sp³-hybridized carbons (Fsp3) is 0.647. The van der Waals surface area contributed by atoms with Gasteiger partial charge in [0.15, 0.2) is 0 Å². The van der Waals surface area contributed by atoms with Crippen molar-refractivity contribution in [3.05, 3.63) is 35.9 Å². The lowest BCUT2D eigenvalue weighted by molar-refractivity contribution is 0.0408. The highest BCUT2D eigenvalue weighted by Crippen LogP contribution is 2.38. The topological polar surface area (TPSA) is 32.3 Å². The summed E-state index contributed by atoms with van der Waals surface area (Å²) < 4.78 is 0. The van der Waals surface area contributed by atoms with Gasteiger partial charge in [-0.05, 0) is 30.2 Å². The first-order valence-corrected chi connectivity index (χ1v) is 7.58. The molecule has 2 unspecified atom stereocenters. The molecule has 0 heterocycles. The van der Waals surface area contributed by atoms with Gasteiger partial charge < -0.3 is 10.4 Å². The van der Waals surface area contributed by atoms with Crippen LogP contribution in [0, 0.1) is 11.8 Å². The van der Waals surface area contributed by atoms with E-state index in [-0.39, 0.29) is 12.1 Å². The third-order valence-electron chi connectivity index (χ3n) is 4.67. The highest BCUT2D eigenvalue weighted by molar-refractivity contribution is 5.15. The molecule has 1 aromatic carbocycles. The van der Waals surface area contributed by atoms with Gasteiger partial charge in [-0.25, -0.2) is 0 Å². The molecular formula is C17H27NO. The van der Waals surface area contributed by atoms with Gasteiger partial charge in [0.1, 0.15) is 0 Å². The third-order valence-corrected chi connectivity index (χ3v) is 4.67. The largest absolute Gasteiger partial charge is 0.394 e. The molecule has 0 spiro atoms. The molecule has 2 heteroatoms. The van der Waals surface area contributed by atoms with Crippen LogP contribution in [0.1, 0.15) is 45.1 Å². The predicted molar refractivity (Wildman–Crippen MR) is 79.9 cm³/mol. The Morgan fingerprint density at radius 3 is 2.63 bits per heavy atom. The maximum Gasteiger partial charge on any atom is 0.0616 e. The summed E-state index contributed by atoms with van der Waals surface area (Å²) in [4.78, 5) is 0. The van der Waals surface area contributed by atoms with E-state index in [1.807, 2.05) is 6.07 Å². The Morgan fingerprint density at radius 2 is 2.00 bits per heavy atom. The summed E-state index contributed by atoms with van der Waals surface area (Å²) in [6, 6.07) is 10.5. The summed E-state index contributed by atoms with van der Waals surface area (Å²) in [5.41, 5.74) is 1.21. The number of rotatable bonds is 5. The Hall–Kier alpha value is -0.860. The second-order valence-corrected chi connectivity index (χ2v) is 6.25. The molecule has 1 aliphatic carbocycles. The van der Waals surface area contributed by atoms with E-state index in [0.29, 0.717) is 11.8 Å². The predicted octanol–water partition coefficient (Wildman–Crippen LogP) is 3.35. The number of hydrogen-bond donors (Lipinski definition) is 2. The standard InChI is InChI=1S/C17H27NO/c1-14(2)16-10-6-7-11-17(16,13-19)18-12-15-8-4-3-5-9-15/h3-5,8-9,14,16,18-19H,6-7,10-13H2,1-2H3. The van der Waals surface area contributed by atoms with E-state index in [1.165, 1.54) is 24.8 Å². The van der Waals surface area contributed by atoms with Gasteiger partial charge in [-0.2, -0.15) is 0 Å². The van der Waals surface area contributed by atoms with Crippen LogP contribution in [-0.2, 0) is 6.54 Å². The first kappa shape index (κ1) is 14.5. The first-order valence-electron chi connectivity index (χ1n) is 7.58. The second kappa shape index (κ2) is 6.53. The molecule has 0 aromatic heterocycles. The van der Waals surface area contributed by atoms with Crippen LogP contribution < -0.4 is 5.32 Å². The molecular weight excluding hydrogens is 234 g/mol. The zero-order chi connectivity index (χ0) is 13.7. The summed E-state index contributed by atoms with van der Waals surface area (Å²) in [5.74, 6) is 1.20.